The summed E-state index contributed by atoms with van der Waals surface area (Å²) < 4.78 is 2.48. The molecule has 115 valence electrons. The average molecular weight is 301 g/mol. The zero-order valence-corrected chi connectivity index (χ0v) is 13.3. The molecular weight excluding hydrogens is 280 g/mol. The summed E-state index contributed by atoms with van der Waals surface area (Å²) in [5.74, 6) is 1.09. The summed E-state index contributed by atoms with van der Waals surface area (Å²) in [7, 11) is 0. The maximum Gasteiger partial charge on any atom is 0.140 e. The Morgan fingerprint density at radius 1 is 0.870 bits per heavy atom. The van der Waals surface area contributed by atoms with E-state index in [9.17, 15) is 0 Å². The molecule has 4 rings (SSSR count). The summed E-state index contributed by atoms with van der Waals surface area (Å²) in [6.07, 6.45) is 8.54. The second kappa shape index (κ2) is 6.41. The Labute approximate surface area is 137 Å². The van der Waals surface area contributed by atoms with Gasteiger partial charge in [-0.3, -0.25) is 0 Å². The first kappa shape index (κ1) is 14.3. The smallest absolute Gasteiger partial charge is 0.140 e. The lowest BCUT2D eigenvalue weighted by molar-refractivity contribution is 0.358. The van der Waals surface area contributed by atoms with Crippen molar-refractivity contribution in [3.05, 3.63) is 66.9 Å². The van der Waals surface area contributed by atoms with Gasteiger partial charge in [-0.05, 0) is 24.5 Å². The molecule has 2 heteroatoms. The van der Waals surface area contributed by atoms with Crippen LogP contribution >= 0.6 is 0 Å². The third-order valence-corrected chi connectivity index (χ3v) is 4.78. The van der Waals surface area contributed by atoms with Gasteiger partial charge in [-0.15, -0.1) is 0 Å². The molecule has 2 nitrogen and oxygen atoms in total. The van der Waals surface area contributed by atoms with Crippen LogP contribution in [0.2, 0.25) is 0 Å². The number of rotatable bonds is 3. The lowest BCUT2D eigenvalue weighted by atomic mass is 9.94. The van der Waals surface area contributed by atoms with Crippen molar-refractivity contribution in [1.29, 1.82) is 0 Å². The highest BCUT2D eigenvalue weighted by Gasteiger charge is 2.22. The van der Waals surface area contributed by atoms with Crippen LogP contribution in [-0.2, 0) is 0 Å². The molecule has 1 aliphatic carbocycles. The SMILES string of the molecule is [c]1ccc(-c2ncc(-c3ccccc3)n2C2CCCCC2)cc1. The van der Waals surface area contributed by atoms with E-state index in [1.165, 1.54) is 48.9 Å². The Hall–Kier alpha value is -2.35. The second-order valence-electron chi connectivity index (χ2n) is 6.28. The highest BCUT2D eigenvalue weighted by Crippen LogP contribution is 2.36. The van der Waals surface area contributed by atoms with Crippen LogP contribution in [0.15, 0.2) is 60.8 Å². The predicted octanol–water partition coefficient (Wildman–Crippen LogP) is 5.52. The van der Waals surface area contributed by atoms with Crippen molar-refractivity contribution in [3.8, 4) is 22.6 Å². The van der Waals surface area contributed by atoms with E-state index < -0.39 is 0 Å². The van der Waals surface area contributed by atoms with E-state index in [0.29, 0.717) is 6.04 Å². The molecule has 1 aromatic heterocycles. The Bertz CT molecular complexity index is 696. The molecule has 0 saturated heterocycles. The lowest BCUT2D eigenvalue weighted by Gasteiger charge is -2.27. The van der Waals surface area contributed by atoms with Crippen molar-refractivity contribution in [2.75, 3.05) is 0 Å². The predicted molar refractivity (Wildman–Crippen MR) is 94.1 cm³/mol. The quantitative estimate of drug-likeness (QED) is 0.622. The zero-order chi connectivity index (χ0) is 15.5. The maximum absolute atomic E-state index is 4.79. The minimum absolute atomic E-state index is 0.556. The molecule has 0 spiro atoms. The van der Waals surface area contributed by atoms with E-state index in [0.717, 1.165) is 5.82 Å². The Balaban J connectivity index is 1.85. The number of imidazole rings is 1. The van der Waals surface area contributed by atoms with Crippen LogP contribution in [0.1, 0.15) is 38.1 Å². The Morgan fingerprint density at radius 2 is 1.61 bits per heavy atom. The molecule has 0 bridgehead atoms. The monoisotopic (exact) mass is 301 g/mol. The van der Waals surface area contributed by atoms with Crippen molar-refractivity contribution >= 4 is 0 Å². The minimum Gasteiger partial charge on any atom is -0.321 e. The van der Waals surface area contributed by atoms with Gasteiger partial charge in [0.2, 0.25) is 0 Å². The van der Waals surface area contributed by atoms with Crippen molar-refractivity contribution in [1.82, 2.24) is 9.55 Å². The Morgan fingerprint density at radius 3 is 2.35 bits per heavy atom. The standard InChI is InChI=1S/C21H21N2/c1-4-10-17(11-5-1)20-16-22-21(18-12-6-2-7-13-18)23(20)19-14-8-3-9-15-19/h1,4-7,10-13,16,19H,3,8-9,14-15H2. The molecule has 0 amide bonds. The van der Waals surface area contributed by atoms with Crippen molar-refractivity contribution in [2.24, 2.45) is 0 Å². The van der Waals surface area contributed by atoms with Gasteiger partial charge in [0.1, 0.15) is 5.82 Å². The van der Waals surface area contributed by atoms with Crippen LogP contribution in [-0.4, -0.2) is 9.55 Å². The van der Waals surface area contributed by atoms with Gasteiger partial charge in [0.15, 0.2) is 0 Å². The average Bonchev–Trinajstić information content (AvgIpc) is 3.09. The van der Waals surface area contributed by atoms with Crippen molar-refractivity contribution < 1.29 is 0 Å². The number of benzene rings is 2. The largest absolute Gasteiger partial charge is 0.321 e. The van der Waals surface area contributed by atoms with Crippen molar-refractivity contribution in [2.45, 2.75) is 38.1 Å². The fourth-order valence-electron chi connectivity index (χ4n) is 3.64. The summed E-state index contributed by atoms with van der Waals surface area (Å²) in [6, 6.07) is 22.4. The number of hydrogen-bond donors (Lipinski definition) is 0. The van der Waals surface area contributed by atoms with Gasteiger partial charge in [0, 0.05) is 11.6 Å². The number of nitrogens with zero attached hydrogens (tertiary/aromatic N) is 2. The lowest BCUT2D eigenvalue weighted by Crippen LogP contribution is -2.15. The van der Waals surface area contributed by atoms with Crippen molar-refractivity contribution in [3.63, 3.8) is 0 Å². The molecule has 0 N–H and O–H groups in total. The molecule has 23 heavy (non-hydrogen) atoms. The molecule has 3 aromatic rings. The summed E-state index contributed by atoms with van der Waals surface area (Å²) in [4.78, 5) is 4.79. The fourth-order valence-corrected chi connectivity index (χ4v) is 3.64. The number of hydrogen-bond acceptors (Lipinski definition) is 1. The van der Waals surface area contributed by atoms with Crippen LogP contribution in [0.4, 0.5) is 0 Å². The van der Waals surface area contributed by atoms with Gasteiger partial charge in [0.05, 0.1) is 11.9 Å². The molecule has 2 aromatic carbocycles. The first-order valence-corrected chi connectivity index (χ1v) is 8.52. The van der Waals surface area contributed by atoms with E-state index in [4.69, 9.17) is 4.98 Å². The Kier molecular flexibility index (Phi) is 3.97. The second-order valence-corrected chi connectivity index (χ2v) is 6.28. The van der Waals surface area contributed by atoms with Crippen LogP contribution in [0.5, 0.6) is 0 Å². The van der Waals surface area contributed by atoms with Gasteiger partial charge in [-0.2, -0.15) is 0 Å². The van der Waals surface area contributed by atoms with Gasteiger partial charge in [-0.25, -0.2) is 4.98 Å². The summed E-state index contributed by atoms with van der Waals surface area (Å²) in [5.41, 5.74) is 3.66. The molecule has 1 radical (unpaired) electrons. The first-order valence-electron chi connectivity index (χ1n) is 8.52. The number of aromatic nitrogens is 2. The molecule has 0 unspecified atom stereocenters. The van der Waals surface area contributed by atoms with E-state index in [1.54, 1.807) is 0 Å². The summed E-state index contributed by atoms with van der Waals surface area (Å²) in [5, 5.41) is 0. The molecule has 1 heterocycles. The van der Waals surface area contributed by atoms with E-state index in [1.807, 2.05) is 18.3 Å². The highest BCUT2D eigenvalue weighted by molar-refractivity contribution is 5.66. The molecule has 1 aliphatic rings. The maximum atomic E-state index is 4.79. The third-order valence-electron chi connectivity index (χ3n) is 4.78. The van der Waals surface area contributed by atoms with E-state index >= 15 is 0 Å². The van der Waals surface area contributed by atoms with Crippen LogP contribution < -0.4 is 0 Å². The molecular formula is C21H21N2. The van der Waals surface area contributed by atoms with E-state index in [-0.39, 0.29) is 0 Å². The van der Waals surface area contributed by atoms with Gasteiger partial charge in [-0.1, -0.05) is 73.9 Å². The zero-order valence-electron chi connectivity index (χ0n) is 13.3. The summed E-state index contributed by atoms with van der Waals surface area (Å²) >= 11 is 0. The first-order chi connectivity index (χ1) is 11.4. The topological polar surface area (TPSA) is 17.8 Å². The van der Waals surface area contributed by atoms with Crippen LogP contribution in [0.3, 0.4) is 0 Å². The minimum atomic E-state index is 0.556. The fraction of sp³-hybridized carbons (Fsp3) is 0.286. The van der Waals surface area contributed by atoms with Gasteiger partial charge in [0.25, 0.3) is 0 Å². The van der Waals surface area contributed by atoms with E-state index in [2.05, 4.69) is 53.1 Å². The third kappa shape index (κ3) is 2.81. The van der Waals surface area contributed by atoms with Crippen LogP contribution in [0, 0.1) is 6.07 Å². The normalized spacial score (nSPS) is 15.7. The van der Waals surface area contributed by atoms with Gasteiger partial charge < -0.3 is 4.57 Å². The molecule has 1 fully saturated rings. The van der Waals surface area contributed by atoms with Crippen LogP contribution in [0.25, 0.3) is 22.6 Å². The van der Waals surface area contributed by atoms with Gasteiger partial charge >= 0.3 is 0 Å². The summed E-state index contributed by atoms with van der Waals surface area (Å²) in [6.45, 7) is 0. The highest BCUT2D eigenvalue weighted by atomic mass is 15.1. The molecule has 1 saturated carbocycles. The molecule has 0 aliphatic heterocycles. The molecule has 0 atom stereocenters.